The van der Waals surface area contributed by atoms with Crippen LogP contribution in [0.5, 0.6) is 0 Å². The van der Waals surface area contributed by atoms with Gasteiger partial charge in [-0.15, -0.1) is 0 Å². The highest BCUT2D eigenvalue weighted by molar-refractivity contribution is 9.10. The first kappa shape index (κ1) is 11.6. The van der Waals surface area contributed by atoms with Gasteiger partial charge in [-0.05, 0) is 45.8 Å². The van der Waals surface area contributed by atoms with Crippen LogP contribution >= 0.6 is 15.9 Å². The van der Waals surface area contributed by atoms with Crippen molar-refractivity contribution in [3.8, 4) is 0 Å². The maximum Gasteiger partial charge on any atom is 0.271 e. The predicted octanol–water partition coefficient (Wildman–Crippen LogP) is 2.62. The Balaban J connectivity index is 1.92. The highest BCUT2D eigenvalue weighted by atomic mass is 79.9. The van der Waals surface area contributed by atoms with Crippen LogP contribution in [0.1, 0.15) is 30.8 Å². The number of hydrogen-bond donors (Lipinski definition) is 1. The van der Waals surface area contributed by atoms with E-state index in [2.05, 4.69) is 40.1 Å². The summed E-state index contributed by atoms with van der Waals surface area (Å²) in [6.07, 6.45) is 2.82. The van der Waals surface area contributed by atoms with Gasteiger partial charge in [0.05, 0.1) is 0 Å². The van der Waals surface area contributed by atoms with Crippen LogP contribution in [0, 0.1) is 11.3 Å². The molecule has 1 aliphatic carbocycles. The lowest BCUT2D eigenvalue weighted by molar-refractivity contribution is 0.0945. The zero-order valence-corrected chi connectivity index (χ0v) is 11.0. The summed E-state index contributed by atoms with van der Waals surface area (Å²) in [7, 11) is 0. The SMILES string of the molecule is CC1(C)CC1CNC(=O)c1ncccc1Br. The molecule has 16 heavy (non-hydrogen) atoms. The van der Waals surface area contributed by atoms with Gasteiger partial charge >= 0.3 is 0 Å². The van der Waals surface area contributed by atoms with Crippen molar-refractivity contribution in [1.82, 2.24) is 10.3 Å². The Kier molecular flexibility index (Phi) is 3.02. The molecule has 0 aliphatic heterocycles. The smallest absolute Gasteiger partial charge is 0.271 e. The molecule has 3 nitrogen and oxygen atoms in total. The molecule has 0 bridgehead atoms. The number of aromatic nitrogens is 1. The van der Waals surface area contributed by atoms with Gasteiger partial charge in [-0.2, -0.15) is 0 Å². The highest BCUT2D eigenvalue weighted by Gasteiger charge is 2.45. The lowest BCUT2D eigenvalue weighted by Crippen LogP contribution is -2.27. The molecule has 1 aliphatic rings. The number of pyridine rings is 1. The molecule has 1 aromatic heterocycles. The Morgan fingerprint density at radius 2 is 2.38 bits per heavy atom. The molecule has 1 atom stereocenters. The quantitative estimate of drug-likeness (QED) is 0.926. The van der Waals surface area contributed by atoms with E-state index < -0.39 is 0 Å². The van der Waals surface area contributed by atoms with Gasteiger partial charge in [0.1, 0.15) is 5.69 Å². The van der Waals surface area contributed by atoms with Crippen molar-refractivity contribution in [1.29, 1.82) is 0 Å². The first-order chi connectivity index (χ1) is 7.50. The molecule has 1 aromatic rings. The Labute approximate surface area is 104 Å². The number of rotatable bonds is 3. The van der Waals surface area contributed by atoms with Crippen molar-refractivity contribution in [3.63, 3.8) is 0 Å². The fourth-order valence-corrected chi connectivity index (χ4v) is 2.21. The molecule has 1 N–H and O–H groups in total. The minimum atomic E-state index is -0.102. The van der Waals surface area contributed by atoms with Crippen LogP contribution < -0.4 is 5.32 Å². The summed E-state index contributed by atoms with van der Waals surface area (Å²) >= 11 is 3.32. The Morgan fingerprint density at radius 3 is 2.94 bits per heavy atom. The second-order valence-corrected chi connectivity index (χ2v) is 5.79. The predicted molar refractivity (Wildman–Crippen MR) is 66.2 cm³/mol. The van der Waals surface area contributed by atoms with E-state index in [1.165, 1.54) is 6.42 Å². The molecule has 1 fully saturated rings. The molecule has 1 heterocycles. The summed E-state index contributed by atoms with van der Waals surface area (Å²) in [6, 6.07) is 3.62. The first-order valence-corrected chi connectivity index (χ1v) is 6.19. The summed E-state index contributed by atoms with van der Waals surface area (Å²) in [5, 5.41) is 2.93. The van der Waals surface area contributed by atoms with E-state index in [9.17, 15) is 4.79 Å². The molecule has 1 unspecified atom stereocenters. The minimum Gasteiger partial charge on any atom is -0.350 e. The summed E-state index contributed by atoms with van der Waals surface area (Å²) in [5.41, 5.74) is 0.857. The Bertz CT molecular complexity index is 417. The fourth-order valence-electron chi connectivity index (χ4n) is 1.78. The van der Waals surface area contributed by atoms with Crippen molar-refractivity contribution in [2.45, 2.75) is 20.3 Å². The highest BCUT2D eigenvalue weighted by Crippen LogP contribution is 2.50. The van der Waals surface area contributed by atoms with Gasteiger partial charge in [-0.25, -0.2) is 4.98 Å². The second-order valence-electron chi connectivity index (χ2n) is 4.93. The fraction of sp³-hybridized carbons (Fsp3) is 0.500. The van der Waals surface area contributed by atoms with Crippen molar-refractivity contribution >= 4 is 21.8 Å². The molecule has 0 spiro atoms. The number of nitrogens with zero attached hydrogens (tertiary/aromatic N) is 1. The van der Waals surface area contributed by atoms with E-state index in [-0.39, 0.29) is 5.91 Å². The number of hydrogen-bond acceptors (Lipinski definition) is 2. The number of amides is 1. The van der Waals surface area contributed by atoms with Crippen LogP contribution in [0.2, 0.25) is 0 Å². The molecule has 0 saturated heterocycles. The largest absolute Gasteiger partial charge is 0.350 e. The van der Waals surface area contributed by atoms with Crippen molar-refractivity contribution in [2.24, 2.45) is 11.3 Å². The van der Waals surface area contributed by atoms with Crippen molar-refractivity contribution < 1.29 is 4.79 Å². The standard InChI is InChI=1S/C12H15BrN2O/c1-12(2)6-8(12)7-15-11(16)10-9(13)4-3-5-14-10/h3-5,8H,6-7H2,1-2H3,(H,15,16). The average Bonchev–Trinajstić information content (AvgIpc) is 2.84. The van der Waals surface area contributed by atoms with E-state index >= 15 is 0 Å². The van der Waals surface area contributed by atoms with Gasteiger partial charge in [0.25, 0.3) is 5.91 Å². The van der Waals surface area contributed by atoms with Crippen LogP contribution in [-0.2, 0) is 0 Å². The zero-order chi connectivity index (χ0) is 11.8. The van der Waals surface area contributed by atoms with Crippen LogP contribution in [0.25, 0.3) is 0 Å². The van der Waals surface area contributed by atoms with E-state index in [0.717, 1.165) is 11.0 Å². The zero-order valence-electron chi connectivity index (χ0n) is 9.46. The van der Waals surface area contributed by atoms with E-state index in [1.54, 1.807) is 12.3 Å². The Hall–Kier alpha value is -0.900. The summed E-state index contributed by atoms with van der Waals surface area (Å²) < 4.78 is 0.738. The number of carbonyl (C=O) groups is 1. The summed E-state index contributed by atoms with van der Waals surface area (Å²) in [4.78, 5) is 15.9. The molecule has 1 saturated carbocycles. The summed E-state index contributed by atoms with van der Waals surface area (Å²) in [6.45, 7) is 5.19. The molecule has 4 heteroatoms. The third-order valence-electron chi connectivity index (χ3n) is 3.20. The third-order valence-corrected chi connectivity index (χ3v) is 3.84. The lowest BCUT2D eigenvalue weighted by Gasteiger charge is -2.06. The van der Waals surface area contributed by atoms with Gasteiger partial charge in [0.2, 0.25) is 0 Å². The molecule has 0 radical (unpaired) electrons. The number of nitrogens with one attached hydrogen (secondary N) is 1. The van der Waals surface area contributed by atoms with Gasteiger partial charge < -0.3 is 5.32 Å². The van der Waals surface area contributed by atoms with Crippen LogP contribution in [0.3, 0.4) is 0 Å². The maximum absolute atomic E-state index is 11.8. The normalized spacial score (nSPS) is 21.6. The van der Waals surface area contributed by atoms with Crippen LogP contribution in [-0.4, -0.2) is 17.4 Å². The first-order valence-electron chi connectivity index (χ1n) is 5.39. The second kappa shape index (κ2) is 4.17. The Morgan fingerprint density at radius 1 is 1.69 bits per heavy atom. The topological polar surface area (TPSA) is 42.0 Å². The molecule has 0 aromatic carbocycles. The molecule has 1 amide bonds. The van der Waals surface area contributed by atoms with Gasteiger partial charge in [0.15, 0.2) is 0 Å². The number of halogens is 1. The third kappa shape index (κ3) is 2.43. The average molecular weight is 283 g/mol. The molecular formula is C12H15BrN2O. The van der Waals surface area contributed by atoms with E-state index in [4.69, 9.17) is 0 Å². The van der Waals surface area contributed by atoms with Gasteiger partial charge in [-0.3, -0.25) is 4.79 Å². The van der Waals surface area contributed by atoms with Gasteiger partial charge in [-0.1, -0.05) is 13.8 Å². The van der Waals surface area contributed by atoms with Crippen LogP contribution in [0.4, 0.5) is 0 Å². The van der Waals surface area contributed by atoms with Gasteiger partial charge in [0, 0.05) is 17.2 Å². The van der Waals surface area contributed by atoms with Crippen molar-refractivity contribution in [2.75, 3.05) is 6.54 Å². The monoisotopic (exact) mass is 282 g/mol. The maximum atomic E-state index is 11.8. The minimum absolute atomic E-state index is 0.102. The number of carbonyl (C=O) groups excluding carboxylic acids is 1. The van der Waals surface area contributed by atoms with E-state index in [1.807, 2.05) is 6.07 Å². The lowest BCUT2D eigenvalue weighted by atomic mass is 10.1. The van der Waals surface area contributed by atoms with E-state index in [0.29, 0.717) is 17.0 Å². The molecule has 2 rings (SSSR count). The van der Waals surface area contributed by atoms with Crippen molar-refractivity contribution in [3.05, 3.63) is 28.5 Å². The van der Waals surface area contributed by atoms with Crippen LogP contribution in [0.15, 0.2) is 22.8 Å². The molecular weight excluding hydrogens is 268 g/mol. The molecule has 86 valence electrons. The summed E-state index contributed by atoms with van der Waals surface area (Å²) in [5.74, 6) is 0.508.